The number of anilines is 3. The van der Waals surface area contributed by atoms with E-state index < -0.39 is 0 Å². The summed E-state index contributed by atoms with van der Waals surface area (Å²) in [5, 5.41) is 4.56. The maximum Gasteiger partial charge on any atom is 0.227 e. The van der Waals surface area contributed by atoms with E-state index in [2.05, 4.69) is 132 Å². The van der Waals surface area contributed by atoms with Crippen LogP contribution in [0.2, 0.25) is 0 Å². The Labute approximate surface area is 315 Å². The van der Waals surface area contributed by atoms with Crippen LogP contribution >= 0.6 is 0 Å². The quantitative estimate of drug-likeness (QED) is 0.160. The Bertz CT molecular complexity index is 3030. The van der Waals surface area contributed by atoms with E-state index in [-0.39, 0.29) is 0 Å². The number of hydrogen-bond donors (Lipinski definition) is 0. The predicted octanol–water partition coefficient (Wildman–Crippen LogP) is 13.3. The fourth-order valence-corrected chi connectivity index (χ4v) is 7.52. The van der Waals surface area contributed by atoms with E-state index in [9.17, 15) is 0 Å². The Morgan fingerprint density at radius 3 is 1.53 bits per heavy atom. The first-order valence-electron chi connectivity index (χ1n) is 18.3. The minimum Gasteiger partial charge on any atom is -0.436 e. The molecule has 0 radical (unpaired) electrons. The third-order valence-electron chi connectivity index (χ3n) is 10.3. The van der Waals surface area contributed by atoms with Gasteiger partial charge in [-0.15, -0.1) is 0 Å². The van der Waals surface area contributed by atoms with Crippen molar-refractivity contribution in [1.82, 2.24) is 15.0 Å². The van der Waals surface area contributed by atoms with E-state index in [0.717, 1.165) is 94.1 Å². The smallest absolute Gasteiger partial charge is 0.227 e. The number of fused-ring (bicyclic) bond motifs is 5. The molecule has 0 saturated heterocycles. The number of oxazole rings is 2. The Kier molecular flexibility index (Phi) is 7.07. The zero-order valence-corrected chi connectivity index (χ0v) is 29.4. The van der Waals surface area contributed by atoms with Gasteiger partial charge in [-0.25, -0.2) is 15.0 Å². The van der Waals surface area contributed by atoms with E-state index in [1.165, 1.54) is 0 Å². The molecule has 0 unspecified atom stereocenters. The summed E-state index contributed by atoms with van der Waals surface area (Å²) in [4.78, 5) is 16.8. The maximum atomic E-state index is 6.09. The van der Waals surface area contributed by atoms with E-state index in [0.29, 0.717) is 11.8 Å². The summed E-state index contributed by atoms with van der Waals surface area (Å²) in [5.74, 6) is 1.19. The number of para-hydroxylation sites is 6. The van der Waals surface area contributed by atoms with Crippen molar-refractivity contribution in [3.05, 3.63) is 182 Å². The molecule has 3 heterocycles. The molecule has 11 aromatic rings. The topological polar surface area (TPSA) is 68.2 Å². The van der Waals surface area contributed by atoms with Gasteiger partial charge in [-0.05, 0) is 119 Å². The molecule has 6 nitrogen and oxygen atoms in total. The van der Waals surface area contributed by atoms with Gasteiger partial charge in [-0.3, -0.25) is 0 Å². The highest BCUT2D eigenvalue weighted by molar-refractivity contribution is 6.02. The second-order valence-electron chi connectivity index (χ2n) is 13.7. The van der Waals surface area contributed by atoms with Crippen molar-refractivity contribution in [2.24, 2.45) is 0 Å². The van der Waals surface area contributed by atoms with Crippen LogP contribution in [-0.4, -0.2) is 15.0 Å². The van der Waals surface area contributed by atoms with Crippen LogP contribution in [0.5, 0.6) is 0 Å². The Morgan fingerprint density at radius 2 is 0.873 bits per heavy atom. The van der Waals surface area contributed by atoms with Crippen LogP contribution in [0.3, 0.4) is 0 Å². The highest BCUT2D eigenvalue weighted by Crippen LogP contribution is 2.39. The van der Waals surface area contributed by atoms with Gasteiger partial charge in [0.25, 0.3) is 0 Å². The standard InChI is InChI=1S/C49H30N4O2/c1-2-11-42-36(8-1)29-37-9-7-10-41(47(37)50-42)35-17-16-34-30-40(27-22-33(34)28-35)53(38-23-18-31(19-24-38)48-51-43-12-3-5-14-45(43)54-48)39-25-20-32(21-26-39)49-52-44-13-4-6-15-46(44)55-49/h1-30H. The second kappa shape index (κ2) is 12.5. The molecule has 0 aliphatic carbocycles. The summed E-state index contributed by atoms with van der Waals surface area (Å²) < 4.78 is 12.2. The van der Waals surface area contributed by atoms with Crippen LogP contribution in [0, 0.1) is 0 Å². The van der Waals surface area contributed by atoms with E-state index >= 15 is 0 Å². The third-order valence-corrected chi connectivity index (χ3v) is 10.3. The molecule has 0 N–H and O–H groups in total. The fraction of sp³-hybridized carbons (Fsp3) is 0. The predicted molar refractivity (Wildman–Crippen MR) is 223 cm³/mol. The lowest BCUT2D eigenvalue weighted by atomic mass is 9.98. The number of pyridine rings is 1. The molecule has 0 atom stereocenters. The van der Waals surface area contributed by atoms with Crippen molar-refractivity contribution < 1.29 is 8.83 Å². The van der Waals surface area contributed by atoms with Crippen molar-refractivity contribution >= 4 is 71.8 Å². The minimum atomic E-state index is 0.595. The molecular formula is C49H30N4O2. The van der Waals surface area contributed by atoms with Gasteiger partial charge in [-0.2, -0.15) is 0 Å². The van der Waals surface area contributed by atoms with Gasteiger partial charge < -0.3 is 13.7 Å². The van der Waals surface area contributed by atoms with Crippen molar-refractivity contribution in [1.29, 1.82) is 0 Å². The van der Waals surface area contributed by atoms with Crippen molar-refractivity contribution in [3.63, 3.8) is 0 Å². The Balaban J connectivity index is 0.988. The molecular weight excluding hydrogens is 677 g/mol. The molecule has 0 bridgehead atoms. The van der Waals surface area contributed by atoms with Gasteiger partial charge in [0.2, 0.25) is 11.8 Å². The number of aromatic nitrogens is 3. The number of rotatable bonds is 6. The highest BCUT2D eigenvalue weighted by atomic mass is 16.4. The van der Waals surface area contributed by atoms with Gasteiger partial charge in [0.05, 0.1) is 11.0 Å². The molecule has 55 heavy (non-hydrogen) atoms. The molecule has 0 aliphatic heterocycles. The van der Waals surface area contributed by atoms with Crippen LogP contribution in [0.25, 0.3) is 88.8 Å². The van der Waals surface area contributed by atoms with Crippen LogP contribution in [0.4, 0.5) is 17.1 Å². The summed E-state index contributed by atoms with van der Waals surface area (Å²) in [6, 6.07) is 62.6. The third kappa shape index (κ3) is 5.47. The van der Waals surface area contributed by atoms with Gasteiger partial charge in [0, 0.05) is 44.5 Å². The van der Waals surface area contributed by atoms with E-state index in [1.54, 1.807) is 0 Å². The number of nitrogens with zero attached hydrogens (tertiary/aromatic N) is 4. The fourth-order valence-electron chi connectivity index (χ4n) is 7.52. The van der Waals surface area contributed by atoms with Gasteiger partial charge >= 0.3 is 0 Å². The summed E-state index contributed by atoms with van der Waals surface area (Å²) in [6.45, 7) is 0. The molecule has 11 rings (SSSR count). The molecule has 258 valence electrons. The van der Waals surface area contributed by atoms with Gasteiger partial charge in [-0.1, -0.05) is 78.9 Å². The zero-order chi connectivity index (χ0) is 36.3. The average molecular weight is 707 g/mol. The minimum absolute atomic E-state index is 0.595. The summed E-state index contributed by atoms with van der Waals surface area (Å²) >= 11 is 0. The maximum absolute atomic E-state index is 6.09. The molecule has 0 saturated carbocycles. The van der Waals surface area contributed by atoms with Crippen molar-refractivity contribution in [2.45, 2.75) is 0 Å². The lowest BCUT2D eigenvalue weighted by molar-refractivity contribution is 0.619. The molecule has 3 aromatic heterocycles. The normalized spacial score (nSPS) is 11.6. The molecule has 6 heteroatoms. The summed E-state index contributed by atoms with van der Waals surface area (Å²) in [6.07, 6.45) is 0. The van der Waals surface area contributed by atoms with E-state index in [1.807, 2.05) is 54.6 Å². The van der Waals surface area contributed by atoms with E-state index in [4.69, 9.17) is 23.8 Å². The first-order chi connectivity index (χ1) is 27.2. The molecule has 0 fully saturated rings. The molecule has 0 amide bonds. The van der Waals surface area contributed by atoms with Crippen LogP contribution in [-0.2, 0) is 0 Å². The lowest BCUT2D eigenvalue weighted by Crippen LogP contribution is -2.09. The Hall–Kier alpha value is -7.57. The van der Waals surface area contributed by atoms with Crippen molar-refractivity contribution in [3.8, 4) is 34.0 Å². The Morgan fingerprint density at radius 1 is 0.345 bits per heavy atom. The second-order valence-corrected chi connectivity index (χ2v) is 13.7. The highest BCUT2D eigenvalue weighted by Gasteiger charge is 2.17. The SMILES string of the molecule is c1ccc2nc3c(-c4ccc5cc(N(c6ccc(-c7nc8ccccc8o7)cc6)c6ccc(-c7nc8ccccc8o7)cc6)ccc5c4)cccc3cc2c1. The van der Waals surface area contributed by atoms with Crippen LogP contribution in [0.1, 0.15) is 0 Å². The van der Waals surface area contributed by atoms with Crippen LogP contribution in [0.15, 0.2) is 191 Å². The van der Waals surface area contributed by atoms with Gasteiger partial charge in [0.15, 0.2) is 11.2 Å². The van der Waals surface area contributed by atoms with Crippen LogP contribution < -0.4 is 4.90 Å². The zero-order valence-electron chi connectivity index (χ0n) is 29.4. The molecule has 0 spiro atoms. The monoisotopic (exact) mass is 706 g/mol. The number of benzene rings is 8. The number of hydrogen-bond acceptors (Lipinski definition) is 6. The van der Waals surface area contributed by atoms with Crippen molar-refractivity contribution in [2.75, 3.05) is 4.90 Å². The summed E-state index contributed by atoms with van der Waals surface area (Å²) in [7, 11) is 0. The molecule has 0 aliphatic rings. The lowest BCUT2D eigenvalue weighted by Gasteiger charge is -2.26. The van der Waals surface area contributed by atoms with Gasteiger partial charge in [0.1, 0.15) is 11.0 Å². The molecule has 8 aromatic carbocycles. The first-order valence-corrected chi connectivity index (χ1v) is 18.3. The first kappa shape index (κ1) is 31.0. The summed E-state index contributed by atoms with van der Waals surface area (Å²) in [5.41, 5.74) is 12.3. The largest absolute Gasteiger partial charge is 0.436 e. The average Bonchev–Trinajstić information content (AvgIpc) is 3.88.